The Labute approximate surface area is 156 Å². The SMILES string of the molecule is [Ir].[c-]1cccc2c1c1nc3ccccc3n1c1nc3ccccc3n21. The molecule has 3 aromatic heterocycles. The Hall–Kier alpha value is -2.75. The Morgan fingerprint density at radius 2 is 1.32 bits per heavy atom. The van der Waals surface area contributed by atoms with Gasteiger partial charge in [-0.3, -0.25) is 4.98 Å². The van der Waals surface area contributed by atoms with Crippen LogP contribution in [-0.4, -0.2) is 18.8 Å². The predicted octanol–water partition coefficient (Wildman–Crippen LogP) is 4.24. The van der Waals surface area contributed by atoms with Crippen LogP contribution in [0.4, 0.5) is 0 Å². The fraction of sp³-hybridized carbons (Fsp3) is 0. The molecule has 0 aliphatic rings. The minimum absolute atomic E-state index is 0. The second-order valence-electron chi connectivity index (χ2n) is 5.93. The number of para-hydroxylation sites is 4. The van der Waals surface area contributed by atoms with Gasteiger partial charge in [-0.05, 0) is 29.8 Å². The predicted molar refractivity (Wildman–Crippen MR) is 95.3 cm³/mol. The van der Waals surface area contributed by atoms with Gasteiger partial charge in [-0.25, -0.2) is 4.98 Å². The number of hydrogen-bond acceptors (Lipinski definition) is 2. The molecule has 6 aromatic rings. The minimum atomic E-state index is 0. The first-order valence-electron chi connectivity index (χ1n) is 7.88. The first-order chi connectivity index (χ1) is 11.9. The summed E-state index contributed by atoms with van der Waals surface area (Å²) >= 11 is 0. The number of fused-ring (bicyclic) bond motifs is 10. The topological polar surface area (TPSA) is 34.6 Å². The van der Waals surface area contributed by atoms with E-state index in [0.29, 0.717) is 0 Å². The number of hydrogen-bond donors (Lipinski definition) is 0. The van der Waals surface area contributed by atoms with E-state index in [1.165, 1.54) is 0 Å². The fourth-order valence-corrected chi connectivity index (χ4v) is 3.59. The molecule has 0 atom stereocenters. The van der Waals surface area contributed by atoms with Crippen LogP contribution in [0.5, 0.6) is 0 Å². The van der Waals surface area contributed by atoms with Crippen LogP contribution < -0.4 is 0 Å². The van der Waals surface area contributed by atoms with Gasteiger partial charge < -0.3 is 8.80 Å². The molecule has 0 saturated carbocycles. The third kappa shape index (κ3) is 1.79. The zero-order valence-electron chi connectivity index (χ0n) is 13.0. The largest absolute Gasteiger partial charge is 0.320 e. The van der Waals surface area contributed by atoms with Crippen molar-refractivity contribution in [3.63, 3.8) is 0 Å². The van der Waals surface area contributed by atoms with E-state index in [4.69, 9.17) is 9.97 Å². The van der Waals surface area contributed by atoms with Crippen LogP contribution in [0.1, 0.15) is 0 Å². The van der Waals surface area contributed by atoms with Crippen molar-refractivity contribution in [3.05, 3.63) is 72.8 Å². The van der Waals surface area contributed by atoms with E-state index < -0.39 is 0 Å². The number of rotatable bonds is 0. The normalized spacial score (nSPS) is 11.7. The van der Waals surface area contributed by atoms with Crippen molar-refractivity contribution in [1.82, 2.24) is 18.8 Å². The van der Waals surface area contributed by atoms with Crippen LogP contribution in [0.2, 0.25) is 0 Å². The van der Waals surface area contributed by atoms with E-state index >= 15 is 0 Å². The maximum absolute atomic E-state index is 4.89. The minimum Gasteiger partial charge on any atom is -0.320 e. The van der Waals surface area contributed by atoms with Gasteiger partial charge in [-0.1, -0.05) is 29.7 Å². The summed E-state index contributed by atoms with van der Waals surface area (Å²) in [5.41, 5.74) is 6.08. The molecular weight excluding hydrogens is 488 g/mol. The molecule has 0 spiro atoms. The molecule has 0 unspecified atom stereocenters. The van der Waals surface area contributed by atoms with E-state index in [2.05, 4.69) is 33.1 Å². The summed E-state index contributed by atoms with van der Waals surface area (Å²) in [6.07, 6.45) is 0. The Balaban J connectivity index is 0.00000140. The van der Waals surface area contributed by atoms with E-state index in [-0.39, 0.29) is 20.1 Å². The molecule has 3 heterocycles. The molecular formula is C20H11IrN4-. The van der Waals surface area contributed by atoms with Gasteiger partial charge in [0.2, 0.25) is 5.78 Å². The average molecular weight is 500 g/mol. The third-order valence-electron chi connectivity index (χ3n) is 4.60. The molecule has 4 nitrogen and oxygen atoms in total. The molecule has 1 radical (unpaired) electrons. The summed E-state index contributed by atoms with van der Waals surface area (Å²) in [6.45, 7) is 0. The zero-order chi connectivity index (χ0) is 15.7. The van der Waals surface area contributed by atoms with Crippen LogP contribution in [-0.2, 0) is 20.1 Å². The molecule has 25 heavy (non-hydrogen) atoms. The molecule has 0 N–H and O–H groups in total. The molecule has 0 aliphatic heterocycles. The van der Waals surface area contributed by atoms with Gasteiger partial charge in [-0.15, -0.1) is 24.3 Å². The molecule has 121 valence electrons. The second-order valence-corrected chi connectivity index (χ2v) is 5.93. The number of aromatic nitrogens is 4. The van der Waals surface area contributed by atoms with Crippen molar-refractivity contribution in [3.8, 4) is 0 Å². The van der Waals surface area contributed by atoms with Crippen molar-refractivity contribution >= 4 is 44.4 Å². The molecule has 0 fully saturated rings. The van der Waals surface area contributed by atoms with E-state index in [9.17, 15) is 0 Å². The molecule has 0 amide bonds. The molecule has 6 rings (SSSR count). The Kier molecular flexibility index (Phi) is 2.99. The number of benzene rings is 3. The quantitative estimate of drug-likeness (QED) is 0.293. The van der Waals surface area contributed by atoms with Crippen molar-refractivity contribution < 1.29 is 20.1 Å². The summed E-state index contributed by atoms with van der Waals surface area (Å²) in [7, 11) is 0. The van der Waals surface area contributed by atoms with Crippen LogP contribution in [0.15, 0.2) is 66.7 Å². The van der Waals surface area contributed by atoms with Crippen LogP contribution in [0.3, 0.4) is 0 Å². The molecule has 0 aliphatic carbocycles. The first kappa shape index (κ1) is 14.6. The standard InChI is InChI=1S/C20H11N4.Ir/c1-4-10-16-13(7-1)19-21-14-8-2-6-12-18(14)24(19)20-22-15-9-3-5-11-17(15)23(16)20;/h1-6,8-12H;/q-1;. The van der Waals surface area contributed by atoms with Crippen molar-refractivity contribution in [2.45, 2.75) is 0 Å². The zero-order valence-corrected chi connectivity index (χ0v) is 15.4. The summed E-state index contributed by atoms with van der Waals surface area (Å²) in [6, 6.07) is 25.8. The first-order valence-corrected chi connectivity index (χ1v) is 7.88. The number of nitrogens with zero attached hydrogens (tertiary/aromatic N) is 4. The van der Waals surface area contributed by atoms with Crippen LogP contribution in [0, 0.1) is 6.07 Å². The van der Waals surface area contributed by atoms with Gasteiger partial charge in [0.1, 0.15) is 0 Å². The Bertz CT molecular complexity index is 1410. The molecule has 0 saturated heterocycles. The maximum Gasteiger partial charge on any atom is 0.204 e. The van der Waals surface area contributed by atoms with Crippen molar-refractivity contribution in [2.24, 2.45) is 0 Å². The van der Waals surface area contributed by atoms with Gasteiger partial charge in [0.15, 0.2) is 0 Å². The maximum atomic E-state index is 4.89. The Morgan fingerprint density at radius 1 is 0.680 bits per heavy atom. The van der Waals surface area contributed by atoms with E-state index in [1.807, 2.05) is 48.5 Å². The second kappa shape index (κ2) is 5.12. The smallest absolute Gasteiger partial charge is 0.204 e. The van der Waals surface area contributed by atoms with Crippen LogP contribution in [0.25, 0.3) is 44.4 Å². The van der Waals surface area contributed by atoms with Crippen molar-refractivity contribution in [2.75, 3.05) is 0 Å². The van der Waals surface area contributed by atoms with Crippen molar-refractivity contribution in [1.29, 1.82) is 0 Å². The monoisotopic (exact) mass is 500 g/mol. The van der Waals surface area contributed by atoms with Gasteiger partial charge in [0.05, 0.1) is 27.7 Å². The summed E-state index contributed by atoms with van der Waals surface area (Å²) < 4.78 is 4.33. The molecule has 3 aromatic carbocycles. The summed E-state index contributed by atoms with van der Waals surface area (Å²) in [4.78, 5) is 9.73. The van der Waals surface area contributed by atoms with Crippen LogP contribution >= 0.6 is 0 Å². The van der Waals surface area contributed by atoms with Gasteiger partial charge >= 0.3 is 0 Å². The molecule has 0 bridgehead atoms. The molecule has 5 heteroatoms. The summed E-state index contributed by atoms with van der Waals surface area (Å²) in [5.74, 6) is 0.881. The van der Waals surface area contributed by atoms with E-state index in [0.717, 1.165) is 44.4 Å². The van der Waals surface area contributed by atoms with Gasteiger partial charge in [-0.2, -0.15) is 0 Å². The fourth-order valence-electron chi connectivity index (χ4n) is 3.59. The summed E-state index contributed by atoms with van der Waals surface area (Å²) in [5, 5.41) is 1.00. The number of imidazole rings is 2. The van der Waals surface area contributed by atoms with E-state index in [1.54, 1.807) is 0 Å². The van der Waals surface area contributed by atoms with Gasteiger partial charge in [0.25, 0.3) is 0 Å². The average Bonchev–Trinajstić information content (AvgIpc) is 3.20. The van der Waals surface area contributed by atoms with Gasteiger partial charge in [0, 0.05) is 20.1 Å². The third-order valence-corrected chi connectivity index (χ3v) is 4.60. The Morgan fingerprint density at radius 3 is 2.12 bits per heavy atom.